The lowest BCUT2D eigenvalue weighted by Crippen LogP contribution is -2.49. The average Bonchev–Trinajstić information content (AvgIpc) is 2.82. The lowest BCUT2D eigenvalue weighted by atomic mass is 9.68. The van der Waals surface area contributed by atoms with Crippen molar-refractivity contribution in [1.82, 2.24) is 0 Å². The molecule has 0 saturated carbocycles. The minimum atomic E-state index is -0.465. The molecule has 0 heterocycles. The minimum absolute atomic E-state index is 0.151. The number of unbranched alkanes of at least 4 members (excludes halogenated alkanes) is 12. The summed E-state index contributed by atoms with van der Waals surface area (Å²) >= 11 is 0. The van der Waals surface area contributed by atoms with Crippen LogP contribution in [0.4, 0.5) is 0 Å². The molecule has 194 valence electrons. The topological polar surface area (TPSA) is 18.5 Å². The maximum atomic E-state index is 6.00. The summed E-state index contributed by atoms with van der Waals surface area (Å²) < 4.78 is 12.0. The normalized spacial score (nSPS) is 13.3. The zero-order valence-corrected chi connectivity index (χ0v) is 23.5. The first-order valence-electron chi connectivity index (χ1n) is 14.2. The second kappa shape index (κ2) is 23.8. The van der Waals surface area contributed by atoms with E-state index in [2.05, 4.69) is 41.2 Å². The molecule has 0 aliphatic rings. The summed E-state index contributed by atoms with van der Waals surface area (Å²) in [5.74, 6) is -0.465. The Kier molecular flexibility index (Phi) is 25.2. The molecule has 0 aromatic carbocycles. The molecule has 0 fully saturated rings. The Morgan fingerprint density at radius 2 is 0.906 bits per heavy atom. The Morgan fingerprint density at radius 1 is 0.562 bits per heavy atom. The SMILES string of the molecule is C=CCC.CCCCCCCCCCC(CCC)(CCCCCCCC)C(C)(OC)OC. The molecule has 2 heteroatoms. The number of rotatable bonds is 22. The Morgan fingerprint density at radius 3 is 1.19 bits per heavy atom. The van der Waals surface area contributed by atoms with Crippen LogP contribution in [0.15, 0.2) is 12.7 Å². The van der Waals surface area contributed by atoms with E-state index in [0.717, 1.165) is 6.42 Å². The van der Waals surface area contributed by atoms with Crippen molar-refractivity contribution < 1.29 is 9.47 Å². The van der Waals surface area contributed by atoms with Crippen LogP contribution in [0.5, 0.6) is 0 Å². The fourth-order valence-corrected chi connectivity index (χ4v) is 4.89. The van der Waals surface area contributed by atoms with Crippen molar-refractivity contribution in [2.45, 2.75) is 162 Å². The number of hydrogen-bond donors (Lipinski definition) is 0. The van der Waals surface area contributed by atoms with E-state index in [0.29, 0.717) is 0 Å². The second-order valence-corrected chi connectivity index (χ2v) is 9.82. The van der Waals surface area contributed by atoms with Gasteiger partial charge in [0.15, 0.2) is 5.79 Å². The first-order valence-corrected chi connectivity index (χ1v) is 14.2. The Labute approximate surface area is 204 Å². The molecule has 0 saturated heterocycles. The second-order valence-electron chi connectivity index (χ2n) is 9.82. The van der Waals surface area contributed by atoms with Gasteiger partial charge in [0.2, 0.25) is 0 Å². The number of ether oxygens (including phenoxy) is 2. The third-order valence-electron chi connectivity index (χ3n) is 7.28. The highest BCUT2D eigenvalue weighted by molar-refractivity contribution is 4.91. The predicted octanol–water partition coefficient (Wildman–Crippen LogP) is 10.6. The van der Waals surface area contributed by atoms with Crippen LogP contribution in [0.2, 0.25) is 0 Å². The van der Waals surface area contributed by atoms with Crippen LogP contribution in [0.3, 0.4) is 0 Å². The molecular formula is C30H62O2. The van der Waals surface area contributed by atoms with Gasteiger partial charge < -0.3 is 9.47 Å². The van der Waals surface area contributed by atoms with Gasteiger partial charge in [-0.1, -0.05) is 130 Å². The number of allylic oxidation sites excluding steroid dienone is 1. The van der Waals surface area contributed by atoms with Gasteiger partial charge in [-0.25, -0.2) is 0 Å². The summed E-state index contributed by atoms with van der Waals surface area (Å²) in [5.41, 5.74) is 0.151. The van der Waals surface area contributed by atoms with Crippen LogP contribution < -0.4 is 0 Å². The van der Waals surface area contributed by atoms with E-state index in [-0.39, 0.29) is 5.41 Å². The van der Waals surface area contributed by atoms with E-state index in [1.807, 2.05) is 20.3 Å². The zero-order valence-electron chi connectivity index (χ0n) is 23.5. The summed E-state index contributed by atoms with van der Waals surface area (Å²) in [6.45, 7) is 14.6. The van der Waals surface area contributed by atoms with Gasteiger partial charge in [0.1, 0.15) is 0 Å². The van der Waals surface area contributed by atoms with Crippen molar-refractivity contribution in [2.24, 2.45) is 5.41 Å². The minimum Gasteiger partial charge on any atom is -0.353 e. The quantitative estimate of drug-likeness (QED) is 0.0919. The summed E-state index contributed by atoms with van der Waals surface area (Å²) in [4.78, 5) is 0. The van der Waals surface area contributed by atoms with Crippen LogP contribution in [0.25, 0.3) is 0 Å². The Bertz CT molecular complexity index is 375. The lowest BCUT2D eigenvalue weighted by Gasteiger charge is -2.47. The molecule has 0 bridgehead atoms. The smallest absolute Gasteiger partial charge is 0.170 e. The summed E-state index contributed by atoms with van der Waals surface area (Å²) in [5, 5.41) is 0. The van der Waals surface area contributed by atoms with E-state index in [1.165, 1.54) is 116 Å². The molecule has 0 aromatic rings. The van der Waals surface area contributed by atoms with Crippen LogP contribution >= 0.6 is 0 Å². The maximum Gasteiger partial charge on any atom is 0.170 e. The van der Waals surface area contributed by atoms with Crippen molar-refractivity contribution >= 4 is 0 Å². The van der Waals surface area contributed by atoms with Gasteiger partial charge in [-0.05, 0) is 32.6 Å². The van der Waals surface area contributed by atoms with Crippen LogP contribution in [-0.4, -0.2) is 20.0 Å². The van der Waals surface area contributed by atoms with Crippen LogP contribution in [0, 0.1) is 5.41 Å². The molecule has 1 unspecified atom stereocenters. The highest BCUT2D eigenvalue weighted by atomic mass is 16.7. The van der Waals surface area contributed by atoms with E-state index in [4.69, 9.17) is 9.47 Å². The fraction of sp³-hybridized carbons (Fsp3) is 0.933. The molecule has 2 nitrogen and oxygen atoms in total. The molecule has 0 rings (SSSR count). The molecule has 0 amide bonds. The molecule has 0 aliphatic heterocycles. The monoisotopic (exact) mass is 454 g/mol. The van der Waals surface area contributed by atoms with Gasteiger partial charge in [0.25, 0.3) is 0 Å². The number of hydrogen-bond acceptors (Lipinski definition) is 2. The van der Waals surface area contributed by atoms with E-state index in [9.17, 15) is 0 Å². The molecule has 0 aromatic heterocycles. The van der Waals surface area contributed by atoms with Crippen molar-refractivity contribution in [1.29, 1.82) is 0 Å². The van der Waals surface area contributed by atoms with E-state index in [1.54, 1.807) is 0 Å². The third-order valence-corrected chi connectivity index (χ3v) is 7.28. The van der Waals surface area contributed by atoms with Crippen molar-refractivity contribution in [3.8, 4) is 0 Å². The molecule has 32 heavy (non-hydrogen) atoms. The standard InChI is InChI=1S/C26H54O2.C4H8/c1-7-10-12-14-16-17-19-21-24-26(22-9-3,25(4,27-5)28-6)23-20-18-15-13-11-8-2;1-3-4-2/h7-24H2,1-6H3;3H,1,4H2,2H3. The van der Waals surface area contributed by atoms with Gasteiger partial charge in [-0.3, -0.25) is 0 Å². The van der Waals surface area contributed by atoms with E-state index < -0.39 is 5.79 Å². The molecule has 0 aliphatic carbocycles. The summed E-state index contributed by atoms with van der Waals surface area (Å²) in [6, 6.07) is 0. The molecule has 1 atom stereocenters. The Hall–Kier alpha value is -0.340. The van der Waals surface area contributed by atoms with Crippen molar-refractivity contribution in [3.05, 3.63) is 12.7 Å². The Balaban J connectivity index is 0. The van der Waals surface area contributed by atoms with Gasteiger partial charge in [0, 0.05) is 19.6 Å². The largest absolute Gasteiger partial charge is 0.353 e. The molecular weight excluding hydrogens is 392 g/mol. The first-order chi connectivity index (χ1) is 15.5. The fourth-order valence-electron chi connectivity index (χ4n) is 4.89. The highest BCUT2D eigenvalue weighted by Crippen LogP contribution is 2.47. The van der Waals surface area contributed by atoms with Crippen molar-refractivity contribution in [2.75, 3.05) is 14.2 Å². The van der Waals surface area contributed by atoms with Gasteiger partial charge in [-0.15, -0.1) is 6.58 Å². The van der Waals surface area contributed by atoms with E-state index >= 15 is 0 Å². The average molecular weight is 455 g/mol. The summed E-state index contributed by atoms with van der Waals surface area (Å²) in [6.07, 6.45) is 27.0. The van der Waals surface area contributed by atoms with Gasteiger partial charge >= 0.3 is 0 Å². The zero-order chi connectivity index (χ0) is 24.6. The lowest BCUT2D eigenvalue weighted by molar-refractivity contribution is -0.272. The summed E-state index contributed by atoms with van der Waals surface area (Å²) in [7, 11) is 3.67. The predicted molar refractivity (Wildman–Crippen MR) is 145 cm³/mol. The highest BCUT2D eigenvalue weighted by Gasteiger charge is 2.47. The van der Waals surface area contributed by atoms with Crippen LogP contribution in [-0.2, 0) is 9.47 Å². The molecule has 0 N–H and O–H groups in total. The van der Waals surface area contributed by atoms with Crippen LogP contribution in [0.1, 0.15) is 157 Å². The maximum absolute atomic E-state index is 6.00. The molecule has 0 spiro atoms. The van der Waals surface area contributed by atoms with Gasteiger partial charge in [0.05, 0.1) is 0 Å². The number of methoxy groups -OCH3 is 2. The van der Waals surface area contributed by atoms with Gasteiger partial charge in [-0.2, -0.15) is 0 Å². The van der Waals surface area contributed by atoms with Crippen molar-refractivity contribution in [3.63, 3.8) is 0 Å². The third kappa shape index (κ3) is 15.5. The first kappa shape index (κ1) is 33.8. The molecule has 0 radical (unpaired) electrons.